The summed E-state index contributed by atoms with van der Waals surface area (Å²) >= 11 is 18.5. The lowest BCUT2D eigenvalue weighted by molar-refractivity contribution is 0.0521. The van der Waals surface area contributed by atoms with Crippen LogP contribution in [0, 0.1) is 3.95 Å². The molecule has 19 heavy (non-hydrogen) atoms. The van der Waals surface area contributed by atoms with Gasteiger partial charge in [0.1, 0.15) is 5.69 Å². The van der Waals surface area contributed by atoms with E-state index in [1.807, 2.05) is 0 Å². The van der Waals surface area contributed by atoms with Gasteiger partial charge in [-0.05, 0) is 25.2 Å². The first kappa shape index (κ1) is 14.5. The molecule has 1 N–H and O–H groups in total. The summed E-state index contributed by atoms with van der Waals surface area (Å²) in [5.74, 6) is -0.458. The van der Waals surface area contributed by atoms with Gasteiger partial charge in [-0.2, -0.15) is 0 Å². The number of benzene rings is 1. The van der Waals surface area contributed by atoms with Crippen LogP contribution < -0.4 is 0 Å². The Morgan fingerprint density at radius 3 is 2.89 bits per heavy atom. The summed E-state index contributed by atoms with van der Waals surface area (Å²) in [4.78, 5) is 15.3. The average Bonchev–Trinajstić information content (AvgIpc) is 2.75. The Hall–Kier alpha value is -0.880. The van der Waals surface area contributed by atoms with E-state index in [4.69, 9.17) is 40.2 Å². The van der Waals surface area contributed by atoms with Gasteiger partial charge in [-0.1, -0.05) is 35.3 Å². The number of halogens is 2. The Morgan fingerprint density at radius 2 is 2.21 bits per heavy atom. The molecule has 2 rings (SSSR count). The first-order valence-electron chi connectivity index (χ1n) is 5.39. The van der Waals surface area contributed by atoms with Gasteiger partial charge in [-0.3, -0.25) is 0 Å². The van der Waals surface area contributed by atoms with E-state index in [-0.39, 0.29) is 6.61 Å². The number of aromatic amines is 1. The van der Waals surface area contributed by atoms with Crippen molar-refractivity contribution in [1.82, 2.24) is 4.98 Å². The van der Waals surface area contributed by atoms with Crippen LogP contribution in [0.1, 0.15) is 17.4 Å². The molecule has 0 fully saturated rings. The van der Waals surface area contributed by atoms with Gasteiger partial charge in [0.15, 0.2) is 3.95 Å². The molecule has 0 aliphatic rings. The quantitative estimate of drug-likeness (QED) is 0.637. The number of rotatable bonds is 3. The molecular weight excluding hydrogens is 325 g/mol. The summed E-state index contributed by atoms with van der Waals surface area (Å²) < 4.78 is 5.47. The number of esters is 1. The number of carbonyl (C=O) groups is 1. The lowest BCUT2D eigenvalue weighted by Crippen LogP contribution is -2.06. The Balaban J connectivity index is 2.59. The molecule has 100 valence electrons. The van der Waals surface area contributed by atoms with E-state index < -0.39 is 5.97 Å². The summed E-state index contributed by atoms with van der Waals surface area (Å²) in [6, 6.07) is 5.23. The van der Waals surface area contributed by atoms with Crippen LogP contribution in [0.15, 0.2) is 18.2 Å². The van der Waals surface area contributed by atoms with Crippen molar-refractivity contribution >= 4 is 52.7 Å². The normalized spacial score (nSPS) is 10.5. The van der Waals surface area contributed by atoms with E-state index in [0.29, 0.717) is 30.1 Å². The van der Waals surface area contributed by atoms with Crippen LogP contribution in [0.2, 0.25) is 10.0 Å². The lowest BCUT2D eigenvalue weighted by Gasteiger charge is -2.06. The number of aromatic nitrogens is 1. The number of thiazole rings is 1. The Bertz CT molecular complexity index is 679. The topological polar surface area (TPSA) is 42.1 Å². The smallest absolute Gasteiger partial charge is 0.356 e. The molecule has 0 aliphatic carbocycles. The number of hydrogen-bond donors (Lipinski definition) is 1. The molecule has 0 spiro atoms. The lowest BCUT2D eigenvalue weighted by atomic mass is 10.1. The molecule has 0 radical (unpaired) electrons. The third-order valence-electron chi connectivity index (χ3n) is 2.32. The Morgan fingerprint density at radius 1 is 1.47 bits per heavy atom. The predicted octanol–water partition coefficient (Wildman–Crippen LogP) is 4.96. The summed E-state index contributed by atoms with van der Waals surface area (Å²) in [5.41, 5.74) is 0.968. The maximum atomic E-state index is 11.9. The largest absolute Gasteiger partial charge is 0.461 e. The summed E-state index contributed by atoms with van der Waals surface area (Å²) in [5, 5.41) is 0.813. The summed E-state index contributed by atoms with van der Waals surface area (Å²) in [6.07, 6.45) is 0. The number of nitrogens with one attached hydrogen (secondary N) is 1. The third-order valence-corrected chi connectivity index (χ3v) is 4.41. The fourth-order valence-electron chi connectivity index (χ4n) is 1.54. The molecule has 1 aromatic carbocycles. The molecule has 2 aromatic rings. The first-order chi connectivity index (χ1) is 9.04. The number of carbonyl (C=O) groups excluding carboxylic acids is 1. The fourth-order valence-corrected chi connectivity index (χ4v) is 3.20. The SMILES string of the molecule is CCOC(=O)c1[nH]c(=S)sc1-c1cccc(Cl)c1Cl. The Labute approximate surface area is 129 Å². The summed E-state index contributed by atoms with van der Waals surface area (Å²) in [6.45, 7) is 2.03. The van der Waals surface area contributed by atoms with Crippen molar-refractivity contribution in [3.8, 4) is 10.4 Å². The van der Waals surface area contributed by atoms with Gasteiger partial charge in [0.25, 0.3) is 0 Å². The second kappa shape index (κ2) is 6.05. The van der Waals surface area contributed by atoms with Crippen molar-refractivity contribution in [2.75, 3.05) is 6.61 Å². The van der Waals surface area contributed by atoms with E-state index in [1.165, 1.54) is 11.3 Å². The molecular formula is C12H9Cl2NO2S2. The van der Waals surface area contributed by atoms with Gasteiger partial charge >= 0.3 is 5.97 Å². The number of ether oxygens (including phenoxy) is 1. The maximum absolute atomic E-state index is 11.9. The second-order valence-corrected chi connectivity index (χ2v) is 6.01. The van der Waals surface area contributed by atoms with Crippen LogP contribution >= 0.6 is 46.8 Å². The number of hydrogen-bond acceptors (Lipinski definition) is 4. The molecule has 1 heterocycles. The molecule has 0 saturated heterocycles. The predicted molar refractivity (Wildman–Crippen MR) is 80.9 cm³/mol. The van der Waals surface area contributed by atoms with Crippen molar-refractivity contribution < 1.29 is 9.53 Å². The second-order valence-electron chi connectivity index (χ2n) is 3.54. The fraction of sp³-hybridized carbons (Fsp3) is 0.167. The van der Waals surface area contributed by atoms with E-state index in [1.54, 1.807) is 25.1 Å². The van der Waals surface area contributed by atoms with Crippen molar-refractivity contribution in [1.29, 1.82) is 0 Å². The van der Waals surface area contributed by atoms with Crippen LogP contribution in [0.5, 0.6) is 0 Å². The Kier molecular flexibility index (Phi) is 4.62. The molecule has 7 heteroatoms. The van der Waals surface area contributed by atoms with Crippen LogP contribution in [0.3, 0.4) is 0 Å². The van der Waals surface area contributed by atoms with Crippen LogP contribution in [0.4, 0.5) is 0 Å². The van der Waals surface area contributed by atoms with Gasteiger partial charge in [0.2, 0.25) is 0 Å². The molecule has 0 amide bonds. The average molecular weight is 334 g/mol. The van der Waals surface area contributed by atoms with Gasteiger partial charge in [-0.25, -0.2) is 4.79 Å². The molecule has 0 unspecified atom stereocenters. The highest BCUT2D eigenvalue weighted by Crippen LogP contribution is 2.37. The molecule has 0 atom stereocenters. The van der Waals surface area contributed by atoms with Gasteiger partial charge < -0.3 is 9.72 Å². The van der Waals surface area contributed by atoms with Crippen LogP contribution in [-0.4, -0.2) is 17.6 Å². The van der Waals surface area contributed by atoms with E-state index in [9.17, 15) is 4.79 Å². The van der Waals surface area contributed by atoms with E-state index in [2.05, 4.69) is 4.98 Å². The van der Waals surface area contributed by atoms with Gasteiger partial charge in [0, 0.05) is 5.56 Å². The highest BCUT2D eigenvalue weighted by Gasteiger charge is 2.20. The van der Waals surface area contributed by atoms with Gasteiger partial charge in [-0.15, -0.1) is 11.3 Å². The first-order valence-corrected chi connectivity index (χ1v) is 7.37. The van der Waals surface area contributed by atoms with Crippen LogP contribution in [-0.2, 0) is 4.74 Å². The minimum Gasteiger partial charge on any atom is -0.461 e. The molecule has 0 aliphatic heterocycles. The maximum Gasteiger partial charge on any atom is 0.356 e. The van der Waals surface area contributed by atoms with Crippen molar-refractivity contribution in [3.05, 3.63) is 37.9 Å². The molecule has 0 bridgehead atoms. The van der Waals surface area contributed by atoms with Gasteiger partial charge in [0.05, 0.1) is 21.5 Å². The third kappa shape index (κ3) is 3.00. The van der Waals surface area contributed by atoms with E-state index >= 15 is 0 Å². The molecule has 1 aromatic heterocycles. The molecule has 3 nitrogen and oxygen atoms in total. The minimum absolute atomic E-state index is 0.290. The standard InChI is InChI=1S/C12H9Cl2NO2S2/c1-2-17-11(16)9-10(19-12(18)15-9)6-4-3-5-7(13)8(6)14/h3-5H,2H2,1H3,(H,15,18). The zero-order valence-electron chi connectivity index (χ0n) is 9.83. The highest BCUT2D eigenvalue weighted by molar-refractivity contribution is 7.73. The zero-order valence-corrected chi connectivity index (χ0v) is 13.0. The molecule has 0 saturated carbocycles. The van der Waals surface area contributed by atoms with Crippen molar-refractivity contribution in [3.63, 3.8) is 0 Å². The van der Waals surface area contributed by atoms with E-state index in [0.717, 1.165) is 0 Å². The van der Waals surface area contributed by atoms with Crippen molar-refractivity contribution in [2.45, 2.75) is 6.92 Å². The summed E-state index contributed by atoms with van der Waals surface area (Å²) in [7, 11) is 0. The number of H-pyrrole nitrogens is 1. The van der Waals surface area contributed by atoms with Crippen molar-refractivity contribution in [2.24, 2.45) is 0 Å². The highest BCUT2D eigenvalue weighted by atomic mass is 35.5. The minimum atomic E-state index is -0.458. The zero-order chi connectivity index (χ0) is 14.0. The van der Waals surface area contributed by atoms with Crippen LogP contribution in [0.25, 0.3) is 10.4 Å². The monoisotopic (exact) mass is 333 g/mol.